The van der Waals surface area contributed by atoms with Crippen LogP contribution in [-0.4, -0.2) is 24.6 Å². The number of carbonyl (C=O) groups is 2. The molecule has 0 aliphatic rings. The van der Waals surface area contributed by atoms with Crippen molar-refractivity contribution in [3.05, 3.63) is 11.5 Å². The van der Waals surface area contributed by atoms with Gasteiger partial charge in [-0.2, -0.15) is 0 Å². The number of hydrogen-bond acceptors (Lipinski definition) is 6. The second kappa shape index (κ2) is 4.42. The monoisotopic (exact) mass is 230 g/mol. The van der Waals surface area contributed by atoms with Gasteiger partial charge in [0.2, 0.25) is 0 Å². The highest BCUT2D eigenvalue weighted by molar-refractivity contribution is 5.99. The van der Waals surface area contributed by atoms with Crippen LogP contribution in [0.5, 0.6) is 0 Å². The van der Waals surface area contributed by atoms with E-state index >= 15 is 0 Å². The minimum Gasteiger partial charge on any atom is -0.463 e. The molecule has 0 aliphatic heterocycles. The van der Waals surface area contributed by atoms with E-state index in [1.807, 2.05) is 6.92 Å². The van der Waals surface area contributed by atoms with E-state index in [9.17, 15) is 9.59 Å². The minimum atomic E-state index is -0.771. The number of hydrogen-bond donors (Lipinski definition) is 0. The predicted molar refractivity (Wildman–Crippen MR) is 52.1 cm³/mol. The molecular formula is C10H14O6. The maximum Gasteiger partial charge on any atom is 0.384 e. The average molecular weight is 230 g/mol. The maximum atomic E-state index is 11.5. The fraction of sp³-hybridized carbons (Fsp3) is 0.600. The topological polar surface area (TPSA) is 78.9 Å². The first-order valence-electron chi connectivity index (χ1n) is 4.81. The summed E-state index contributed by atoms with van der Waals surface area (Å²) in [7, 11) is 1.18. The molecule has 0 aliphatic carbocycles. The van der Waals surface area contributed by atoms with E-state index < -0.39 is 17.5 Å². The summed E-state index contributed by atoms with van der Waals surface area (Å²) >= 11 is 0. The minimum absolute atomic E-state index is 0.256. The molecule has 1 aromatic heterocycles. The summed E-state index contributed by atoms with van der Waals surface area (Å²) in [6.45, 7) is 5.38. The fourth-order valence-corrected chi connectivity index (χ4v) is 0.841. The summed E-state index contributed by atoms with van der Waals surface area (Å²) in [6.07, 6.45) is 0.639. The third-order valence-corrected chi connectivity index (χ3v) is 2.19. The van der Waals surface area contributed by atoms with Crippen molar-refractivity contribution in [2.75, 3.05) is 7.11 Å². The van der Waals surface area contributed by atoms with Gasteiger partial charge in [0.15, 0.2) is 0 Å². The molecular weight excluding hydrogens is 216 g/mol. The Hall–Kier alpha value is -1.72. The van der Waals surface area contributed by atoms with Gasteiger partial charge in [-0.25, -0.2) is 9.59 Å². The summed E-state index contributed by atoms with van der Waals surface area (Å²) in [5.74, 6) is -2.03. The number of esters is 2. The second-order valence-corrected chi connectivity index (χ2v) is 3.82. The van der Waals surface area contributed by atoms with Gasteiger partial charge in [-0.3, -0.25) is 9.15 Å². The number of methoxy groups -OCH3 is 1. The molecule has 6 nitrogen and oxygen atoms in total. The maximum absolute atomic E-state index is 11.5. The fourth-order valence-electron chi connectivity index (χ4n) is 0.841. The summed E-state index contributed by atoms with van der Waals surface area (Å²) in [4.78, 5) is 22.6. The second-order valence-electron chi connectivity index (χ2n) is 3.82. The standard InChI is InChI=1S/C10H14O6/c1-5-10(2,3)14-9(12)7-6(15-16-7)8(11)13-4/h5H2,1-4H3. The zero-order valence-electron chi connectivity index (χ0n) is 9.66. The van der Waals surface area contributed by atoms with Crippen LogP contribution in [0.25, 0.3) is 0 Å². The van der Waals surface area contributed by atoms with Crippen LogP contribution in [0.3, 0.4) is 0 Å². The van der Waals surface area contributed by atoms with Crippen LogP contribution in [-0.2, 0) is 9.47 Å². The molecule has 1 heterocycles. The van der Waals surface area contributed by atoms with Crippen LogP contribution in [0.4, 0.5) is 0 Å². The van der Waals surface area contributed by atoms with Crippen molar-refractivity contribution in [1.29, 1.82) is 0 Å². The van der Waals surface area contributed by atoms with Crippen LogP contribution in [0, 0.1) is 0 Å². The molecule has 0 atom stereocenters. The zero-order valence-corrected chi connectivity index (χ0v) is 9.66. The van der Waals surface area contributed by atoms with E-state index in [2.05, 4.69) is 13.9 Å². The first-order valence-corrected chi connectivity index (χ1v) is 4.81. The van der Waals surface area contributed by atoms with Crippen molar-refractivity contribution in [2.24, 2.45) is 0 Å². The normalized spacial score (nSPS) is 11.2. The van der Waals surface area contributed by atoms with Crippen molar-refractivity contribution < 1.29 is 28.2 Å². The Kier molecular flexibility index (Phi) is 3.41. The van der Waals surface area contributed by atoms with Crippen molar-refractivity contribution in [3.8, 4) is 0 Å². The molecule has 0 fully saturated rings. The molecule has 90 valence electrons. The van der Waals surface area contributed by atoms with Crippen molar-refractivity contribution in [2.45, 2.75) is 32.8 Å². The Balaban J connectivity index is 2.73. The molecule has 0 N–H and O–H groups in total. The average Bonchev–Trinajstić information content (AvgIpc) is 2.14. The Labute approximate surface area is 92.4 Å². The highest BCUT2D eigenvalue weighted by Crippen LogP contribution is 2.21. The zero-order chi connectivity index (χ0) is 12.3. The smallest absolute Gasteiger partial charge is 0.384 e. The van der Waals surface area contributed by atoms with E-state index in [0.29, 0.717) is 6.42 Å². The van der Waals surface area contributed by atoms with Gasteiger partial charge in [0.05, 0.1) is 7.11 Å². The van der Waals surface area contributed by atoms with E-state index in [0.717, 1.165) is 0 Å². The third kappa shape index (κ3) is 2.44. The van der Waals surface area contributed by atoms with Crippen molar-refractivity contribution >= 4 is 11.9 Å². The quantitative estimate of drug-likeness (QED) is 0.581. The first-order chi connectivity index (χ1) is 7.41. The molecule has 0 aromatic carbocycles. The van der Waals surface area contributed by atoms with Gasteiger partial charge < -0.3 is 9.47 Å². The van der Waals surface area contributed by atoms with Gasteiger partial charge in [0, 0.05) is 0 Å². The molecule has 0 unspecified atom stereocenters. The molecule has 0 amide bonds. The van der Waals surface area contributed by atoms with Gasteiger partial charge in [-0.05, 0) is 20.3 Å². The SMILES string of the molecule is CCC(C)(C)OC(=O)c1ooc1C(=O)OC. The van der Waals surface area contributed by atoms with Crippen LogP contribution in [0.1, 0.15) is 48.3 Å². The van der Waals surface area contributed by atoms with Gasteiger partial charge in [-0.15, -0.1) is 0 Å². The van der Waals surface area contributed by atoms with E-state index in [1.165, 1.54) is 7.11 Å². The molecule has 0 saturated carbocycles. The number of ether oxygens (including phenoxy) is 2. The Morgan fingerprint density at radius 2 is 1.69 bits per heavy atom. The third-order valence-electron chi connectivity index (χ3n) is 2.19. The molecule has 0 radical (unpaired) electrons. The summed E-state index contributed by atoms with van der Waals surface area (Å²) in [5.41, 5.74) is -0.621. The molecule has 1 aromatic rings. The molecule has 0 saturated heterocycles. The number of rotatable bonds is 4. The summed E-state index contributed by atoms with van der Waals surface area (Å²) < 4.78 is 18.3. The van der Waals surface area contributed by atoms with Gasteiger partial charge in [0.25, 0.3) is 0 Å². The Bertz CT molecular complexity index is 384. The van der Waals surface area contributed by atoms with Crippen LogP contribution < -0.4 is 0 Å². The summed E-state index contributed by atoms with van der Waals surface area (Å²) in [5, 5.41) is 0. The molecule has 0 bridgehead atoms. The largest absolute Gasteiger partial charge is 0.463 e. The van der Waals surface area contributed by atoms with Gasteiger partial charge >= 0.3 is 23.5 Å². The van der Waals surface area contributed by atoms with Crippen LogP contribution in [0.2, 0.25) is 0 Å². The van der Waals surface area contributed by atoms with E-state index in [1.54, 1.807) is 13.8 Å². The lowest BCUT2D eigenvalue weighted by molar-refractivity contribution is -0.0554. The lowest BCUT2D eigenvalue weighted by Crippen LogP contribution is -2.28. The van der Waals surface area contributed by atoms with Crippen LogP contribution in [0.15, 0.2) is 9.15 Å². The summed E-state index contributed by atoms with van der Waals surface area (Å²) in [6, 6.07) is 0. The predicted octanol–water partition coefficient (Wildman–Crippen LogP) is 2.00. The molecule has 0 spiro atoms. The van der Waals surface area contributed by atoms with E-state index in [4.69, 9.17) is 4.74 Å². The lowest BCUT2D eigenvalue weighted by Gasteiger charge is -2.22. The number of carbonyl (C=O) groups excluding carboxylic acids is 2. The van der Waals surface area contributed by atoms with Crippen molar-refractivity contribution in [3.63, 3.8) is 0 Å². The first kappa shape index (κ1) is 12.4. The lowest BCUT2D eigenvalue weighted by atomic mass is 10.1. The molecule has 1 rings (SSSR count). The Morgan fingerprint density at radius 3 is 2.06 bits per heavy atom. The highest BCUT2D eigenvalue weighted by atomic mass is 17.0. The molecule has 16 heavy (non-hydrogen) atoms. The van der Waals surface area contributed by atoms with Gasteiger partial charge in [-0.1, -0.05) is 6.92 Å². The molecule has 6 heteroatoms. The highest BCUT2D eigenvalue weighted by Gasteiger charge is 2.34. The van der Waals surface area contributed by atoms with E-state index in [-0.39, 0.29) is 11.5 Å². The van der Waals surface area contributed by atoms with Crippen molar-refractivity contribution in [1.82, 2.24) is 0 Å². The Morgan fingerprint density at radius 1 is 1.19 bits per heavy atom. The van der Waals surface area contributed by atoms with Gasteiger partial charge in [0.1, 0.15) is 5.60 Å². The van der Waals surface area contributed by atoms with Crippen LogP contribution >= 0.6 is 0 Å².